The summed E-state index contributed by atoms with van der Waals surface area (Å²) in [6, 6.07) is 8.62. The van der Waals surface area contributed by atoms with Crippen LogP contribution < -0.4 is 10.6 Å². The number of hydrogen-bond acceptors (Lipinski definition) is 4. The van der Waals surface area contributed by atoms with Gasteiger partial charge in [-0.05, 0) is 18.6 Å². The van der Waals surface area contributed by atoms with E-state index in [0.717, 1.165) is 50.5 Å². The summed E-state index contributed by atoms with van der Waals surface area (Å²) in [7, 11) is 0. The van der Waals surface area contributed by atoms with Gasteiger partial charge in [0.1, 0.15) is 0 Å². The van der Waals surface area contributed by atoms with Crippen LogP contribution in [0.25, 0.3) is 0 Å². The van der Waals surface area contributed by atoms with Crippen molar-refractivity contribution in [1.29, 1.82) is 0 Å². The van der Waals surface area contributed by atoms with Crippen LogP contribution >= 0.6 is 0 Å². The van der Waals surface area contributed by atoms with Crippen molar-refractivity contribution in [1.82, 2.24) is 15.1 Å². The number of benzene rings is 1. The first kappa shape index (κ1) is 14.5. The fourth-order valence-electron chi connectivity index (χ4n) is 2.92. The molecule has 0 radical (unpaired) electrons. The number of amides is 1. The first-order valence-corrected chi connectivity index (χ1v) is 7.75. The van der Waals surface area contributed by atoms with Crippen molar-refractivity contribution in [3.05, 3.63) is 29.8 Å². The highest BCUT2D eigenvalue weighted by atomic mass is 16.2. The maximum absolute atomic E-state index is 12.1. The zero-order chi connectivity index (χ0) is 14.7. The minimum atomic E-state index is 0.0862. The highest BCUT2D eigenvalue weighted by Gasteiger charge is 2.28. The molecule has 2 N–H and O–H groups in total. The molecule has 114 valence electrons. The zero-order valence-electron chi connectivity index (χ0n) is 12.6. The van der Waals surface area contributed by atoms with Gasteiger partial charge in [0.15, 0.2) is 0 Å². The Balaban J connectivity index is 1.44. The van der Waals surface area contributed by atoms with Gasteiger partial charge in [0, 0.05) is 51.0 Å². The molecule has 0 aromatic heterocycles. The summed E-state index contributed by atoms with van der Waals surface area (Å²) in [5, 5.41) is 6.32. The Morgan fingerprint density at radius 3 is 2.57 bits per heavy atom. The molecule has 2 heterocycles. The van der Waals surface area contributed by atoms with Crippen LogP contribution in [0.15, 0.2) is 24.3 Å². The lowest BCUT2D eigenvalue weighted by Gasteiger charge is -2.43. The number of piperazine rings is 1. The van der Waals surface area contributed by atoms with E-state index in [4.69, 9.17) is 0 Å². The van der Waals surface area contributed by atoms with Crippen LogP contribution in [0.2, 0.25) is 0 Å². The monoisotopic (exact) mass is 288 g/mol. The third kappa shape index (κ3) is 3.61. The minimum Gasteiger partial charge on any atom is -0.325 e. The molecule has 0 aliphatic carbocycles. The molecule has 0 bridgehead atoms. The van der Waals surface area contributed by atoms with Gasteiger partial charge in [-0.3, -0.25) is 14.6 Å². The van der Waals surface area contributed by atoms with E-state index in [9.17, 15) is 4.79 Å². The SMILES string of the molecule is Cc1ccccc1NC(=O)CN1CCN(C2CNC2)CC1. The number of hydrogen-bond donors (Lipinski definition) is 2. The van der Waals surface area contributed by atoms with Crippen LogP contribution in [0, 0.1) is 6.92 Å². The third-order valence-corrected chi connectivity index (χ3v) is 4.47. The smallest absolute Gasteiger partial charge is 0.238 e. The predicted octanol–water partition coefficient (Wildman–Crippen LogP) is 0.523. The fourth-order valence-corrected chi connectivity index (χ4v) is 2.92. The molecule has 1 aromatic rings. The van der Waals surface area contributed by atoms with Gasteiger partial charge in [0.05, 0.1) is 6.54 Å². The molecule has 0 atom stereocenters. The van der Waals surface area contributed by atoms with E-state index in [0.29, 0.717) is 12.6 Å². The van der Waals surface area contributed by atoms with Gasteiger partial charge >= 0.3 is 0 Å². The Morgan fingerprint density at radius 2 is 1.95 bits per heavy atom. The van der Waals surface area contributed by atoms with Gasteiger partial charge in [0.25, 0.3) is 0 Å². The number of aryl methyl sites for hydroxylation is 1. The second kappa shape index (κ2) is 6.56. The number of carbonyl (C=O) groups excluding carboxylic acids is 1. The van der Waals surface area contributed by atoms with E-state index >= 15 is 0 Å². The lowest BCUT2D eigenvalue weighted by atomic mass is 10.1. The lowest BCUT2D eigenvalue weighted by molar-refractivity contribution is -0.117. The van der Waals surface area contributed by atoms with Crippen molar-refractivity contribution in [2.45, 2.75) is 13.0 Å². The molecule has 2 aliphatic rings. The summed E-state index contributed by atoms with van der Waals surface area (Å²) in [4.78, 5) is 16.9. The Hall–Kier alpha value is -1.43. The van der Waals surface area contributed by atoms with Crippen LogP contribution in [-0.2, 0) is 4.79 Å². The molecule has 3 rings (SSSR count). The number of anilines is 1. The maximum Gasteiger partial charge on any atom is 0.238 e. The van der Waals surface area contributed by atoms with E-state index in [1.165, 1.54) is 0 Å². The lowest BCUT2D eigenvalue weighted by Crippen LogP contribution is -2.61. The Bertz CT molecular complexity index is 493. The Labute approximate surface area is 126 Å². The van der Waals surface area contributed by atoms with Crippen molar-refractivity contribution >= 4 is 11.6 Å². The number of carbonyl (C=O) groups is 1. The molecule has 1 amide bonds. The number of rotatable bonds is 4. The number of nitrogens with one attached hydrogen (secondary N) is 2. The van der Waals surface area contributed by atoms with Gasteiger partial charge in [-0.2, -0.15) is 0 Å². The molecule has 21 heavy (non-hydrogen) atoms. The molecule has 2 aliphatic heterocycles. The normalized spacial score (nSPS) is 21.0. The molecule has 5 heteroatoms. The molecular weight excluding hydrogens is 264 g/mol. The summed E-state index contributed by atoms with van der Waals surface area (Å²) >= 11 is 0. The predicted molar refractivity (Wildman–Crippen MR) is 84.5 cm³/mol. The average Bonchev–Trinajstić information content (AvgIpc) is 2.42. The second-order valence-corrected chi connectivity index (χ2v) is 5.99. The van der Waals surface area contributed by atoms with Crippen LogP contribution in [0.3, 0.4) is 0 Å². The van der Waals surface area contributed by atoms with Crippen LogP contribution in [0.5, 0.6) is 0 Å². The molecule has 0 unspecified atom stereocenters. The maximum atomic E-state index is 12.1. The fraction of sp³-hybridized carbons (Fsp3) is 0.562. The van der Waals surface area contributed by atoms with E-state index in [1.807, 2.05) is 31.2 Å². The van der Waals surface area contributed by atoms with Crippen molar-refractivity contribution < 1.29 is 4.79 Å². The third-order valence-electron chi connectivity index (χ3n) is 4.47. The molecule has 1 aromatic carbocycles. The largest absolute Gasteiger partial charge is 0.325 e. The summed E-state index contributed by atoms with van der Waals surface area (Å²) < 4.78 is 0. The summed E-state index contributed by atoms with van der Waals surface area (Å²) in [5.74, 6) is 0.0862. The van der Waals surface area contributed by atoms with Gasteiger partial charge in [0.2, 0.25) is 5.91 Å². The Kier molecular flexibility index (Phi) is 4.53. The van der Waals surface area contributed by atoms with E-state index in [1.54, 1.807) is 0 Å². The molecule has 5 nitrogen and oxygen atoms in total. The van der Waals surface area contributed by atoms with Crippen molar-refractivity contribution in [3.63, 3.8) is 0 Å². The molecular formula is C16H24N4O. The first-order chi connectivity index (χ1) is 10.2. The van der Waals surface area contributed by atoms with Gasteiger partial charge in [-0.25, -0.2) is 0 Å². The first-order valence-electron chi connectivity index (χ1n) is 7.75. The Morgan fingerprint density at radius 1 is 1.24 bits per heavy atom. The van der Waals surface area contributed by atoms with Crippen molar-refractivity contribution in [2.24, 2.45) is 0 Å². The van der Waals surface area contributed by atoms with Gasteiger partial charge < -0.3 is 10.6 Å². The quantitative estimate of drug-likeness (QED) is 0.848. The number of para-hydroxylation sites is 1. The molecule has 2 saturated heterocycles. The molecule has 0 spiro atoms. The van der Waals surface area contributed by atoms with E-state index < -0.39 is 0 Å². The van der Waals surface area contributed by atoms with Crippen LogP contribution in [0.4, 0.5) is 5.69 Å². The zero-order valence-corrected chi connectivity index (χ0v) is 12.6. The highest BCUT2D eigenvalue weighted by molar-refractivity contribution is 5.92. The molecule has 0 saturated carbocycles. The standard InChI is InChI=1S/C16H24N4O/c1-13-4-2-3-5-15(13)18-16(21)12-19-6-8-20(9-7-19)14-10-17-11-14/h2-5,14,17H,6-12H2,1H3,(H,18,21). The van der Waals surface area contributed by atoms with Crippen molar-refractivity contribution in [2.75, 3.05) is 51.1 Å². The van der Waals surface area contributed by atoms with Crippen molar-refractivity contribution in [3.8, 4) is 0 Å². The van der Waals surface area contributed by atoms with Crippen LogP contribution in [0.1, 0.15) is 5.56 Å². The average molecular weight is 288 g/mol. The summed E-state index contributed by atoms with van der Waals surface area (Å²) in [6.07, 6.45) is 0. The topological polar surface area (TPSA) is 47.6 Å². The minimum absolute atomic E-state index is 0.0862. The highest BCUT2D eigenvalue weighted by Crippen LogP contribution is 2.13. The number of nitrogens with zero attached hydrogens (tertiary/aromatic N) is 2. The van der Waals surface area contributed by atoms with Crippen LogP contribution in [-0.4, -0.2) is 67.6 Å². The second-order valence-electron chi connectivity index (χ2n) is 5.99. The van der Waals surface area contributed by atoms with E-state index in [-0.39, 0.29) is 5.91 Å². The van der Waals surface area contributed by atoms with Gasteiger partial charge in [-0.1, -0.05) is 18.2 Å². The summed E-state index contributed by atoms with van der Waals surface area (Å²) in [6.45, 7) is 8.86. The van der Waals surface area contributed by atoms with E-state index in [2.05, 4.69) is 20.4 Å². The van der Waals surface area contributed by atoms with Gasteiger partial charge in [-0.15, -0.1) is 0 Å². The molecule has 2 fully saturated rings. The summed E-state index contributed by atoms with van der Waals surface area (Å²) in [5.41, 5.74) is 2.02.